The van der Waals surface area contributed by atoms with E-state index in [-0.39, 0.29) is 38.3 Å². The van der Waals surface area contributed by atoms with Gasteiger partial charge in [0, 0.05) is 10.4 Å². The van der Waals surface area contributed by atoms with Crippen molar-refractivity contribution in [2.45, 2.75) is 11.6 Å². The van der Waals surface area contributed by atoms with Crippen molar-refractivity contribution in [1.29, 1.82) is 0 Å². The second-order valence-corrected chi connectivity index (χ2v) is 7.26. The van der Waals surface area contributed by atoms with E-state index in [2.05, 4.69) is 0 Å². The average Bonchev–Trinajstić information content (AvgIpc) is 2.67. The number of benzene rings is 3. The molecule has 0 amide bonds. The first-order valence-electron chi connectivity index (χ1n) is 8.50. The van der Waals surface area contributed by atoms with Crippen LogP contribution in [-0.2, 0) is 37.0 Å². The Morgan fingerprint density at radius 3 is 1.68 bits per heavy atom. The van der Waals surface area contributed by atoms with Gasteiger partial charge in [-0.3, -0.25) is 8.42 Å². The minimum Gasteiger partial charge on any atom is -0.759 e. The summed E-state index contributed by atoms with van der Waals surface area (Å²) < 4.78 is 34.1. The molecule has 0 aliphatic carbocycles. The Bertz CT molecular complexity index is 1090. The number of phenolic OH excluding ortho intramolecular Hbond substituents is 3. The van der Waals surface area contributed by atoms with Crippen molar-refractivity contribution in [3.63, 3.8) is 0 Å². The Labute approximate surface area is 193 Å². The van der Waals surface area contributed by atoms with Gasteiger partial charge in [-0.15, -0.1) is 0 Å². The second-order valence-electron chi connectivity index (χ2n) is 6.44. The van der Waals surface area contributed by atoms with Gasteiger partial charge in [-0.1, -0.05) is 36.4 Å². The average molecular weight is 628 g/mol. The molecule has 0 bridgehead atoms. The van der Waals surface area contributed by atoms with Gasteiger partial charge in [-0.05, 0) is 53.1 Å². The summed E-state index contributed by atoms with van der Waals surface area (Å²) in [5.74, 6) is 0.352. The minimum absolute atomic E-state index is 0. The minimum atomic E-state index is -5.17. The molecule has 31 heavy (non-hydrogen) atoms. The van der Waals surface area contributed by atoms with E-state index in [4.69, 9.17) is 29.0 Å². The molecule has 168 valence electrons. The molecule has 0 aliphatic heterocycles. The van der Waals surface area contributed by atoms with Gasteiger partial charge in [0.25, 0.3) is 0 Å². The van der Waals surface area contributed by atoms with Crippen LogP contribution in [0.15, 0.2) is 72.8 Å². The van der Waals surface area contributed by atoms with E-state index in [1.54, 1.807) is 72.8 Å². The molecule has 3 rings (SSSR count). The van der Waals surface area contributed by atoms with Crippen LogP contribution < -0.4 is 11.5 Å². The Balaban J connectivity index is 0.000000721. The van der Waals surface area contributed by atoms with Gasteiger partial charge < -0.3 is 35.9 Å². The molecule has 11 heteroatoms. The van der Waals surface area contributed by atoms with E-state index >= 15 is 0 Å². The van der Waals surface area contributed by atoms with E-state index in [0.717, 1.165) is 5.56 Å². The van der Waals surface area contributed by atoms with Crippen LogP contribution in [0.1, 0.15) is 22.7 Å². The zero-order valence-electron chi connectivity index (χ0n) is 15.9. The van der Waals surface area contributed by atoms with E-state index < -0.39 is 22.0 Å². The molecule has 0 saturated heterocycles. The molecule has 9 nitrogen and oxygen atoms in total. The van der Waals surface area contributed by atoms with Crippen LogP contribution >= 0.6 is 0 Å². The van der Waals surface area contributed by atoms with Crippen molar-refractivity contribution in [2.75, 3.05) is 0 Å². The maximum Gasteiger partial charge on any atom is 2.00 e. The molecule has 2 atom stereocenters. The van der Waals surface area contributed by atoms with Crippen LogP contribution in [0, 0.1) is 0 Å². The monoisotopic (exact) mass is 627 g/mol. The van der Waals surface area contributed by atoms with E-state index in [1.165, 1.54) is 0 Å². The summed E-state index contributed by atoms with van der Waals surface area (Å²) in [6.07, 6.45) is 0. The van der Waals surface area contributed by atoms with Crippen LogP contribution in [-0.4, -0.2) is 32.8 Å². The molecule has 0 fully saturated rings. The van der Waals surface area contributed by atoms with Crippen molar-refractivity contribution in [3.8, 4) is 17.2 Å². The fourth-order valence-corrected chi connectivity index (χ4v) is 2.97. The summed E-state index contributed by atoms with van der Waals surface area (Å²) in [7, 11) is -5.17. The smallest absolute Gasteiger partial charge is 0.759 e. The van der Waals surface area contributed by atoms with Gasteiger partial charge in [-0.2, -0.15) is 0 Å². The normalized spacial score (nSPS) is 13.7. The van der Waals surface area contributed by atoms with Crippen molar-refractivity contribution in [3.05, 3.63) is 89.5 Å². The molecule has 0 radical (unpaired) electrons. The van der Waals surface area contributed by atoms with Crippen molar-refractivity contribution >= 4 is 10.4 Å². The number of hydrogen-bond donors (Lipinski definition) is 5. The summed E-state index contributed by atoms with van der Waals surface area (Å²) in [5.41, 5.74) is 14.2. The number of hydrogen-bond acceptors (Lipinski definition) is 9. The quantitative estimate of drug-likeness (QED) is 0.210. The van der Waals surface area contributed by atoms with E-state index in [9.17, 15) is 15.3 Å². The van der Waals surface area contributed by atoms with Gasteiger partial charge in [0.15, 0.2) is 0 Å². The molecule has 7 N–H and O–H groups in total. The molecule has 0 aliphatic rings. The first kappa shape index (κ1) is 26.6. The van der Waals surface area contributed by atoms with Crippen LogP contribution in [0.2, 0.25) is 0 Å². The second kappa shape index (κ2) is 10.7. The third-order valence-electron chi connectivity index (χ3n) is 4.41. The first-order chi connectivity index (χ1) is 13.9. The summed E-state index contributed by atoms with van der Waals surface area (Å²) >= 11 is 0. The number of rotatable bonds is 4. The standard InChI is InChI=1S/C20H20N2O3.H2O4S.Pt/c21-19(13-4-8-16(23)9-5-13)20(22,14-6-10-17(24)11-7-14)15-2-1-3-18(25)12-15;1-5(2,3)4;/h1-12,19,23-25H,21-22H2;(H2,1,2,3,4);/q;;+2/p-2. The number of aromatic hydroxyl groups is 3. The topological polar surface area (TPSA) is 193 Å². The zero-order valence-corrected chi connectivity index (χ0v) is 18.9. The third-order valence-corrected chi connectivity index (χ3v) is 4.41. The Morgan fingerprint density at radius 1 is 0.774 bits per heavy atom. The van der Waals surface area contributed by atoms with Crippen molar-refractivity contribution < 1.29 is 53.9 Å². The van der Waals surface area contributed by atoms with Gasteiger partial charge >= 0.3 is 21.1 Å². The maximum atomic E-state index is 9.89. The Hall–Kier alpha value is -2.46. The number of phenols is 3. The van der Waals surface area contributed by atoms with Crippen LogP contribution in [0.5, 0.6) is 17.2 Å². The van der Waals surface area contributed by atoms with E-state index in [0.29, 0.717) is 11.1 Å². The summed E-state index contributed by atoms with van der Waals surface area (Å²) in [6.45, 7) is 0. The predicted molar refractivity (Wildman–Crippen MR) is 107 cm³/mol. The van der Waals surface area contributed by atoms with Gasteiger partial charge in [0.1, 0.15) is 17.2 Å². The molecule has 0 aromatic heterocycles. The fourth-order valence-electron chi connectivity index (χ4n) is 2.97. The summed E-state index contributed by atoms with van der Waals surface area (Å²) in [6, 6.07) is 19.0. The van der Waals surface area contributed by atoms with Crippen LogP contribution in [0.3, 0.4) is 0 Å². The SMILES string of the molecule is NC(c1ccc(O)cc1)C(N)(c1ccc(O)cc1)c1cccc(O)c1.O=S(=O)([O-])[O-].[Pt+2]. The van der Waals surface area contributed by atoms with Gasteiger partial charge in [-0.25, -0.2) is 0 Å². The number of nitrogens with two attached hydrogens (primary N) is 2. The maximum absolute atomic E-state index is 9.89. The summed E-state index contributed by atoms with van der Waals surface area (Å²) in [4.78, 5) is 0. The summed E-state index contributed by atoms with van der Waals surface area (Å²) in [5, 5.41) is 29.0. The van der Waals surface area contributed by atoms with Crippen molar-refractivity contribution in [1.82, 2.24) is 0 Å². The molecular weight excluding hydrogens is 607 g/mol. The fraction of sp³-hybridized carbons (Fsp3) is 0.100. The van der Waals surface area contributed by atoms with Gasteiger partial charge in [0.05, 0.1) is 11.6 Å². The van der Waals surface area contributed by atoms with Crippen LogP contribution in [0.25, 0.3) is 0 Å². The van der Waals surface area contributed by atoms with Crippen LogP contribution in [0.4, 0.5) is 0 Å². The molecule has 2 unspecified atom stereocenters. The van der Waals surface area contributed by atoms with Gasteiger partial charge in [0.2, 0.25) is 0 Å². The molecule has 3 aromatic rings. The Kier molecular flexibility index (Phi) is 9.19. The molecule has 0 heterocycles. The first-order valence-corrected chi connectivity index (χ1v) is 9.83. The molecule has 0 saturated carbocycles. The Morgan fingerprint density at radius 2 is 1.23 bits per heavy atom. The van der Waals surface area contributed by atoms with Crippen molar-refractivity contribution in [2.24, 2.45) is 11.5 Å². The zero-order chi connectivity index (χ0) is 22.5. The molecule has 3 aromatic carbocycles. The molecular formula is C20H20N2O7PtS. The molecule has 0 spiro atoms. The third kappa shape index (κ3) is 7.32. The largest absolute Gasteiger partial charge is 2.00 e. The van der Waals surface area contributed by atoms with E-state index in [1.807, 2.05) is 0 Å². The predicted octanol–water partition coefficient (Wildman–Crippen LogP) is 1.37.